The van der Waals surface area contributed by atoms with Crippen molar-refractivity contribution in [2.75, 3.05) is 18.8 Å². The first-order valence-corrected chi connectivity index (χ1v) is 14.3. The molecule has 0 aliphatic carbocycles. The van der Waals surface area contributed by atoms with E-state index in [2.05, 4.69) is 4.72 Å². The summed E-state index contributed by atoms with van der Waals surface area (Å²) in [6.07, 6.45) is 0.789. The lowest BCUT2D eigenvalue weighted by atomic mass is 10.0. The van der Waals surface area contributed by atoms with Crippen molar-refractivity contribution in [3.05, 3.63) is 101 Å². The van der Waals surface area contributed by atoms with E-state index in [0.717, 1.165) is 11.1 Å². The Hall–Kier alpha value is -3.56. The number of hydrogen-bond donors (Lipinski definition) is 1. The summed E-state index contributed by atoms with van der Waals surface area (Å²) in [4.78, 5) is 27.0. The number of amides is 2. The normalized spacial score (nSPS) is 15.5. The molecule has 1 aliphatic rings. The van der Waals surface area contributed by atoms with E-state index >= 15 is 0 Å². The fourth-order valence-electron chi connectivity index (χ4n) is 4.29. The van der Waals surface area contributed by atoms with Gasteiger partial charge in [0, 0.05) is 18.1 Å². The molecule has 0 bridgehead atoms. The molecule has 10 heteroatoms. The maximum atomic E-state index is 12.9. The van der Waals surface area contributed by atoms with Gasteiger partial charge >= 0.3 is 6.09 Å². The van der Waals surface area contributed by atoms with Crippen molar-refractivity contribution in [2.45, 2.75) is 26.1 Å². The molecule has 3 aromatic rings. The average molecular weight is 557 g/mol. The molecule has 1 saturated heterocycles. The predicted molar refractivity (Wildman–Crippen MR) is 144 cm³/mol. The van der Waals surface area contributed by atoms with Crippen LogP contribution in [0.15, 0.2) is 78.9 Å². The molecule has 0 aromatic heterocycles. The Morgan fingerprint density at radius 1 is 0.947 bits per heavy atom. The van der Waals surface area contributed by atoms with Gasteiger partial charge in [-0.15, -0.1) is 0 Å². The standard InChI is InChI=1S/C28H29ClN2O6S/c29-24-12-6-10-22(16-24)19-36-26-14-5-4-13-25(26)27(32)30-38(34,35)20-23-11-7-15-31(17-23)28(33)37-18-21-8-2-1-3-9-21/h1-6,8-10,12-14,16,23H,7,11,15,17-20H2,(H,30,32)/t23-/m1/s1. The van der Waals surface area contributed by atoms with Crippen LogP contribution in [0, 0.1) is 5.92 Å². The summed E-state index contributed by atoms with van der Waals surface area (Å²) in [7, 11) is -3.97. The minimum Gasteiger partial charge on any atom is -0.488 e. The third kappa shape index (κ3) is 7.97. The number of nitrogens with one attached hydrogen (secondary N) is 1. The van der Waals surface area contributed by atoms with E-state index in [4.69, 9.17) is 21.1 Å². The molecule has 1 atom stereocenters. The molecule has 1 N–H and O–H groups in total. The number of nitrogens with zero attached hydrogens (tertiary/aromatic N) is 1. The number of para-hydroxylation sites is 1. The fourth-order valence-corrected chi connectivity index (χ4v) is 5.87. The Bertz CT molecular complexity index is 1370. The average Bonchev–Trinajstić information content (AvgIpc) is 2.91. The maximum absolute atomic E-state index is 12.9. The number of halogens is 1. The molecule has 0 spiro atoms. The molecule has 3 aromatic carbocycles. The topological polar surface area (TPSA) is 102 Å². The number of carbonyl (C=O) groups is 2. The summed E-state index contributed by atoms with van der Waals surface area (Å²) < 4.78 is 39.1. The second-order valence-corrected chi connectivity index (χ2v) is 11.3. The molecule has 0 saturated carbocycles. The maximum Gasteiger partial charge on any atom is 0.410 e. The first-order valence-electron chi connectivity index (χ1n) is 12.3. The van der Waals surface area contributed by atoms with Gasteiger partial charge in [0.1, 0.15) is 19.0 Å². The van der Waals surface area contributed by atoms with Crippen molar-refractivity contribution in [1.29, 1.82) is 0 Å². The second-order valence-electron chi connectivity index (χ2n) is 9.12. The molecule has 1 fully saturated rings. The highest BCUT2D eigenvalue weighted by atomic mass is 35.5. The van der Waals surface area contributed by atoms with E-state index in [-0.39, 0.29) is 42.7 Å². The van der Waals surface area contributed by atoms with Crippen LogP contribution in [0.1, 0.15) is 34.3 Å². The molecule has 38 heavy (non-hydrogen) atoms. The minimum atomic E-state index is -3.97. The van der Waals surface area contributed by atoms with Crippen molar-refractivity contribution in [3.63, 3.8) is 0 Å². The zero-order valence-electron chi connectivity index (χ0n) is 20.7. The summed E-state index contributed by atoms with van der Waals surface area (Å²) in [6, 6.07) is 22.9. The first kappa shape index (κ1) is 27.5. The van der Waals surface area contributed by atoms with Crippen LogP contribution in [0.25, 0.3) is 0 Å². The van der Waals surface area contributed by atoms with E-state index in [1.54, 1.807) is 36.4 Å². The van der Waals surface area contributed by atoms with Crippen LogP contribution in [0.3, 0.4) is 0 Å². The number of likely N-dealkylation sites (tertiary alicyclic amines) is 1. The zero-order valence-corrected chi connectivity index (χ0v) is 22.3. The van der Waals surface area contributed by atoms with E-state index in [0.29, 0.717) is 24.4 Å². The molecule has 1 heterocycles. The number of benzene rings is 3. The second kappa shape index (κ2) is 12.8. The van der Waals surface area contributed by atoms with Gasteiger partial charge in [-0.1, -0.05) is 66.2 Å². The molecule has 4 rings (SSSR count). The zero-order chi connectivity index (χ0) is 27.0. The van der Waals surface area contributed by atoms with E-state index < -0.39 is 22.0 Å². The number of sulfonamides is 1. The summed E-state index contributed by atoms with van der Waals surface area (Å²) in [5.41, 5.74) is 1.79. The Morgan fingerprint density at radius 2 is 1.68 bits per heavy atom. The highest BCUT2D eigenvalue weighted by Gasteiger charge is 2.29. The lowest BCUT2D eigenvalue weighted by Crippen LogP contribution is -2.44. The van der Waals surface area contributed by atoms with Gasteiger partial charge in [0.25, 0.3) is 5.91 Å². The van der Waals surface area contributed by atoms with E-state index in [1.807, 2.05) is 36.4 Å². The number of carbonyl (C=O) groups excluding carboxylic acids is 2. The molecule has 0 radical (unpaired) electrons. The number of hydrogen-bond acceptors (Lipinski definition) is 6. The lowest BCUT2D eigenvalue weighted by Gasteiger charge is -2.31. The Morgan fingerprint density at radius 3 is 2.47 bits per heavy atom. The lowest BCUT2D eigenvalue weighted by molar-refractivity contribution is 0.0811. The highest BCUT2D eigenvalue weighted by Crippen LogP contribution is 2.22. The highest BCUT2D eigenvalue weighted by molar-refractivity contribution is 7.90. The SMILES string of the molecule is O=C(NS(=O)(=O)C[C@@H]1CCCN(C(=O)OCc2ccccc2)C1)c1ccccc1OCc1cccc(Cl)c1. The first-order chi connectivity index (χ1) is 18.3. The van der Waals surface area contributed by atoms with E-state index in [1.165, 1.54) is 11.0 Å². The van der Waals surface area contributed by atoms with Gasteiger partial charge in [0.15, 0.2) is 0 Å². The largest absolute Gasteiger partial charge is 0.488 e. The summed E-state index contributed by atoms with van der Waals surface area (Å²) in [5.74, 6) is -1.13. The van der Waals surface area contributed by atoms with E-state index in [9.17, 15) is 18.0 Å². The molecular weight excluding hydrogens is 528 g/mol. The van der Waals surface area contributed by atoms with Crippen LogP contribution in [0.5, 0.6) is 5.75 Å². The third-order valence-corrected chi connectivity index (χ3v) is 7.74. The summed E-state index contributed by atoms with van der Waals surface area (Å²) in [5, 5.41) is 0.564. The van der Waals surface area contributed by atoms with Gasteiger partial charge in [0.05, 0.1) is 11.3 Å². The van der Waals surface area contributed by atoms with Gasteiger partial charge in [-0.05, 0) is 54.2 Å². The van der Waals surface area contributed by atoms with Crippen molar-refractivity contribution in [1.82, 2.24) is 9.62 Å². The molecular formula is C28H29ClN2O6S. The van der Waals surface area contributed by atoms with Gasteiger partial charge < -0.3 is 14.4 Å². The quantitative estimate of drug-likeness (QED) is 0.397. The van der Waals surface area contributed by atoms with Crippen LogP contribution in [-0.2, 0) is 28.0 Å². The molecule has 200 valence electrons. The van der Waals surface area contributed by atoms with Crippen LogP contribution in [0.2, 0.25) is 5.02 Å². The summed E-state index contributed by atoms with van der Waals surface area (Å²) in [6.45, 7) is 1.04. The Labute approximate surface area is 227 Å². The third-order valence-electron chi connectivity index (χ3n) is 6.10. The fraction of sp³-hybridized carbons (Fsp3) is 0.286. The van der Waals surface area contributed by atoms with Gasteiger partial charge in [0.2, 0.25) is 10.0 Å². The number of ether oxygens (including phenoxy) is 2. The van der Waals surface area contributed by atoms with Crippen molar-refractivity contribution < 1.29 is 27.5 Å². The van der Waals surface area contributed by atoms with Crippen LogP contribution < -0.4 is 9.46 Å². The molecule has 0 unspecified atom stereocenters. The number of rotatable bonds is 9. The monoisotopic (exact) mass is 556 g/mol. The van der Waals surface area contributed by atoms with Gasteiger partial charge in [-0.3, -0.25) is 4.79 Å². The smallest absolute Gasteiger partial charge is 0.410 e. The van der Waals surface area contributed by atoms with Crippen molar-refractivity contribution >= 4 is 33.6 Å². The molecule has 2 amide bonds. The van der Waals surface area contributed by atoms with Gasteiger partial charge in [-0.2, -0.15) is 0 Å². The van der Waals surface area contributed by atoms with Crippen LogP contribution >= 0.6 is 11.6 Å². The predicted octanol–water partition coefficient (Wildman–Crippen LogP) is 5.03. The summed E-state index contributed by atoms with van der Waals surface area (Å²) >= 11 is 6.01. The Balaban J connectivity index is 1.32. The molecule has 1 aliphatic heterocycles. The Kier molecular flexibility index (Phi) is 9.25. The van der Waals surface area contributed by atoms with Crippen molar-refractivity contribution in [3.8, 4) is 5.75 Å². The van der Waals surface area contributed by atoms with Crippen molar-refractivity contribution in [2.24, 2.45) is 5.92 Å². The van der Waals surface area contributed by atoms with Crippen LogP contribution in [-0.4, -0.2) is 44.2 Å². The minimum absolute atomic E-state index is 0.105. The number of piperidine rings is 1. The van der Waals surface area contributed by atoms with Gasteiger partial charge in [-0.25, -0.2) is 17.9 Å². The molecule has 8 nitrogen and oxygen atoms in total. The van der Waals surface area contributed by atoms with Crippen LogP contribution in [0.4, 0.5) is 4.79 Å².